The third-order valence-corrected chi connectivity index (χ3v) is 4.58. The highest BCUT2D eigenvalue weighted by Crippen LogP contribution is 2.21. The average molecular weight is 375 g/mol. The smallest absolute Gasteiger partial charge is 0.321 e. The van der Waals surface area contributed by atoms with Gasteiger partial charge in [-0.15, -0.1) is 0 Å². The quantitative estimate of drug-likeness (QED) is 0.708. The van der Waals surface area contributed by atoms with Crippen molar-refractivity contribution in [3.05, 3.63) is 72.6 Å². The maximum absolute atomic E-state index is 12.3. The first-order valence-corrected chi connectivity index (χ1v) is 9.33. The molecule has 1 N–H and O–H groups in total. The minimum Gasteiger partial charge on any atom is -0.424 e. The number of hydrogen-bond acceptors (Lipinski definition) is 5. The summed E-state index contributed by atoms with van der Waals surface area (Å²) in [6.07, 6.45) is 5.61. The molecule has 3 aromatic rings. The molecule has 142 valence electrons. The van der Waals surface area contributed by atoms with Gasteiger partial charge in [-0.2, -0.15) is 0 Å². The molecule has 6 nitrogen and oxygen atoms in total. The highest BCUT2D eigenvalue weighted by Gasteiger charge is 2.16. The van der Waals surface area contributed by atoms with Crippen molar-refractivity contribution in [2.45, 2.75) is 18.9 Å². The summed E-state index contributed by atoms with van der Waals surface area (Å²) in [7, 11) is 0. The zero-order valence-electron chi connectivity index (χ0n) is 15.4. The van der Waals surface area contributed by atoms with Crippen molar-refractivity contribution in [1.29, 1.82) is 0 Å². The van der Waals surface area contributed by atoms with Crippen LogP contribution in [0.3, 0.4) is 0 Å². The third-order valence-electron chi connectivity index (χ3n) is 4.58. The second-order valence-corrected chi connectivity index (χ2v) is 6.59. The van der Waals surface area contributed by atoms with E-state index in [4.69, 9.17) is 9.47 Å². The Morgan fingerprint density at radius 2 is 1.79 bits per heavy atom. The molecular weight excluding hydrogens is 354 g/mol. The fraction of sp³-hybridized carbons (Fsp3) is 0.227. The van der Waals surface area contributed by atoms with Gasteiger partial charge in [0, 0.05) is 36.7 Å². The van der Waals surface area contributed by atoms with Crippen molar-refractivity contribution >= 4 is 5.91 Å². The minimum absolute atomic E-state index is 0.0927. The number of carbonyl (C=O) groups is 1. The highest BCUT2D eigenvalue weighted by molar-refractivity contribution is 5.94. The maximum atomic E-state index is 12.3. The number of rotatable bonds is 6. The molecular formula is C22H21N3O3. The van der Waals surface area contributed by atoms with Crippen LogP contribution in [0.5, 0.6) is 11.8 Å². The Morgan fingerprint density at radius 3 is 2.46 bits per heavy atom. The molecule has 0 bridgehead atoms. The molecule has 1 aliphatic heterocycles. The van der Waals surface area contributed by atoms with Crippen LogP contribution in [0.25, 0.3) is 11.1 Å². The molecule has 1 saturated heterocycles. The summed E-state index contributed by atoms with van der Waals surface area (Å²) in [5, 5.41) is 2.93. The summed E-state index contributed by atoms with van der Waals surface area (Å²) in [5.74, 6) is 0.596. The van der Waals surface area contributed by atoms with E-state index in [9.17, 15) is 4.79 Å². The number of hydrogen-bond donors (Lipinski definition) is 1. The molecule has 1 amide bonds. The Hall–Kier alpha value is -3.25. The lowest BCUT2D eigenvalue weighted by atomic mass is 10.1. The fourth-order valence-electron chi connectivity index (χ4n) is 3.04. The Bertz CT molecular complexity index is 906. The van der Waals surface area contributed by atoms with Crippen molar-refractivity contribution in [3.8, 4) is 22.9 Å². The fourth-order valence-corrected chi connectivity index (χ4v) is 3.04. The number of ether oxygens (including phenoxy) is 2. The van der Waals surface area contributed by atoms with Crippen LogP contribution in [-0.4, -0.2) is 35.1 Å². The van der Waals surface area contributed by atoms with E-state index >= 15 is 0 Å². The summed E-state index contributed by atoms with van der Waals surface area (Å²) >= 11 is 0. The summed E-state index contributed by atoms with van der Waals surface area (Å²) in [6.45, 7) is 1.34. The molecule has 0 saturated carbocycles. The van der Waals surface area contributed by atoms with Crippen LogP contribution < -0.4 is 10.1 Å². The van der Waals surface area contributed by atoms with Crippen molar-refractivity contribution < 1.29 is 14.3 Å². The number of benzene rings is 2. The summed E-state index contributed by atoms with van der Waals surface area (Å²) in [6, 6.07) is 17.1. The van der Waals surface area contributed by atoms with Gasteiger partial charge in [-0.05, 0) is 42.7 Å². The van der Waals surface area contributed by atoms with Gasteiger partial charge in [0.25, 0.3) is 5.91 Å². The van der Waals surface area contributed by atoms with Crippen LogP contribution >= 0.6 is 0 Å². The van der Waals surface area contributed by atoms with Crippen molar-refractivity contribution in [2.75, 3.05) is 13.2 Å². The molecule has 1 aliphatic rings. The molecule has 1 atom stereocenters. The van der Waals surface area contributed by atoms with Crippen molar-refractivity contribution in [1.82, 2.24) is 15.3 Å². The lowest BCUT2D eigenvalue weighted by Gasteiger charge is -2.11. The molecule has 6 heteroatoms. The normalized spacial score (nSPS) is 15.9. The van der Waals surface area contributed by atoms with Gasteiger partial charge in [0.1, 0.15) is 5.75 Å². The first-order valence-electron chi connectivity index (χ1n) is 9.33. The molecule has 1 unspecified atom stereocenters. The first-order chi connectivity index (χ1) is 13.8. The SMILES string of the molecule is O=C(NCC1CCCO1)c1ccc(-c2cnc(Oc3ccccc3)nc2)cc1. The van der Waals surface area contributed by atoms with Gasteiger partial charge in [-0.25, -0.2) is 9.97 Å². The second kappa shape index (κ2) is 8.63. The van der Waals surface area contributed by atoms with Crippen LogP contribution in [0, 0.1) is 0 Å². The monoisotopic (exact) mass is 375 g/mol. The van der Waals surface area contributed by atoms with E-state index in [2.05, 4.69) is 15.3 Å². The van der Waals surface area contributed by atoms with E-state index < -0.39 is 0 Å². The molecule has 28 heavy (non-hydrogen) atoms. The lowest BCUT2D eigenvalue weighted by molar-refractivity contribution is 0.0858. The third kappa shape index (κ3) is 4.53. The van der Waals surface area contributed by atoms with E-state index in [-0.39, 0.29) is 12.0 Å². The zero-order chi connectivity index (χ0) is 19.2. The maximum Gasteiger partial charge on any atom is 0.321 e. The number of amides is 1. The summed E-state index contributed by atoms with van der Waals surface area (Å²) in [4.78, 5) is 20.8. The predicted octanol–water partition coefficient (Wildman–Crippen LogP) is 3.84. The van der Waals surface area contributed by atoms with Crippen LogP contribution in [0.4, 0.5) is 0 Å². The molecule has 2 heterocycles. The van der Waals surface area contributed by atoms with Crippen LogP contribution in [-0.2, 0) is 4.74 Å². The number of carbonyl (C=O) groups excluding carboxylic acids is 1. The van der Waals surface area contributed by atoms with E-state index in [0.717, 1.165) is 30.6 Å². The van der Waals surface area contributed by atoms with Gasteiger partial charge < -0.3 is 14.8 Å². The average Bonchev–Trinajstić information content (AvgIpc) is 3.27. The number of nitrogens with one attached hydrogen (secondary N) is 1. The molecule has 1 fully saturated rings. The Labute approximate surface area is 163 Å². The zero-order valence-corrected chi connectivity index (χ0v) is 15.4. The Balaban J connectivity index is 1.37. The van der Waals surface area contributed by atoms with Gasteiger partial charge in [-0.1, -0.05) is 30.3 Å². The number of nitrogens with zero attached hydrogens (tertiary/aromatic N) is 2. The standard InChI is InChI=1S/C22H21N3O3/c26-21(23-15-20-7-4-12-27-20)17-10-8-16(9-11-17)18-13-24-22(25-14-18)28-19-5-2-1-3-6-19/h1-3,5-6,8-11,13-14,20H,4,7,12,15H2,(H,23,26). The molecule has 0 aliphatic carbocycles. The summed E-state index contributed by atoms with van der Waals surface area (Å²) < 4.78 is 11.1. The Kier molecular flexibility index (Phi) is 5.58. The largest absolute Gasteiger partial charge is 0.424 e. The van der Waals surface area contributed by atoms with E-state index in [1.807, 2.05) is 42.5 Å². The van der Waals surface area contributed by atoms with E-state index in [1.54, 1.807) is 24.5 Å². The predicted molar refractivity (Wildman–Crippen MR) is 105 cm³/mol. The van der Waals surface area contributed by atoms with E-state index in [1.165, 1.54) is 0 Å². The van der Waals surface area contributed by atoms with Crippen LogP contribution in [0.15, 0.2) is 67.0 Å². The van der Waals surface area contributed by atoms with E-state index in [0.29, 0.717) is 23.9 Å². The molecule has 4 rings (SSSR count). The topological polar surface area (TPSA) is 73.3 Å². The summed E-state index contributed by atoms with van der Waals surface area (Å²) in [5.41, 5.74) is 2.40. The molecule has 0 radical (unpaired) electrons. The van der Waals surface area contributed by atoms with Gasteiger partial charge in [0.05, 0.1) is 6.10 Å². The molecule has 1 aromatic heterocycles. The lowest BCUT2D eigenvalue weighted by Crippen LogP contribution is -2.31. The van der Waals surface area contributed by atoms with Gasteiger partial charge in [-0.3, -0.25) is 4.79 Å². The highest BCUT2D eigenvalue weighted by atomic mass is 16.5. The van der Waals surface area contributed by atoms with Crippen LogP contribution in [0.2, 0.25) is 0 Å². The number of aromatic nitrogens is 2. The van der Waals surface area contributed by atoms with Gasteiger partial charge in [0.15, 0.2) is 0 Å². The first kappa shape index (κ1) is 18.1. The number of para-hydroxylation sites is 1. The Morgan fingerprint density at radius 1 is 1.04 bits per heavy atom. The minimum atomic E-state index is -0.0927. The van der Waals surface area contributed by atoms with Crippen molar-refractivity contribution in [2.24, 2.45) is 0 Å². The van der Waals surface area contributed by atoms with Crippen LogP contribution in [0.1, 0.15) is 23.2 Å². The second-order valence-electron chi connectivity index (χ2n) is 6.59. The molecule has 2 aromatic carbocycles. The van der Waals surface area contributed by atoms with Gasteiger partial charge in [0.2, 0.25) is 0 Å². The van der Waals surface area contributed by atoms with Gasteiger partial charge >= 0.3 is 6.01 Å². The molecule has 0 spiro atoms. The van der Waals surface area contributed by atoms with Crippen molar-refractivity contribution in [3.63, 3.8) is 0 Å².